The molecule has 9 heteroatoms. The molecule has 2 aliphatic rings. The number of hydrogen-bond donors (Lipinski definition) is 2. The number of fused-ring (bicyclic) bond motifs is 1. The summed E-state index contributed by atoms with van der Waals surface area (Å²) in [6.45, 7) is 6.49. The normalized spacial score (nSPS) is 18.2. The molecule has 178 valence electrons. The third kappa shape index (κ3) is 3.95. The molecule has 0 spiro atoms. The maximum atomic E-state index is 13.1. The maximum Gasteiger partial charge on any atom is 0.271 e. The van der Waals surface area contributed by atoms with E-state index in [0.29, 0.717) is 18.5 Å². The van der Waals surface area contributed by atoms with Gasteiger partial charge >= 0.3 is 0 Å². The van der Waals surface area contributed by atoms with Crippen LogP contribution in [0.15, 0.2) is 41.3 Å². The van der Waals surface area contributed by atoms with E-state index in [2.05, 4.69) is 20.3 Å². The lowest BCUT2D eigenvalue weighted by Crippen LogP contribution is -2.45. The van der Waals surface area contributed by atoms with Gasteiger partial charge in [0.1, 0.15) is 5.69 Å². The van der Waals surface area contributed by atoms with Crippen LogP contribution in [0.25, 0.3) is 5.69 Å². The number of anilines is 4. The van der Waals surface area contributed by atoms with Gasteiger partial charge in [0.2, 0.25) is 11.9 Å². The highest BCUT2D eigenvalue weighted by atomic mass is 16.2. The number of aryl methyl sites for hydroxylation is 1. The second kappa shape index (κ2) is 8.30. The Hall–Kier alpha value is -3.62. The first kappa shape index (κ1) is 22.2. The smallest absolute Gasteiger partial charge is 0.271 e. The molecule has 1 fully saturated rings. The molecule has 3 heterocycles. The molecule has 5 rings (SSSR count). The van der Waals surface area contributed by atoms with Gasteiger partial charge in [0.25, 0.3) is 5.56 Å². The zero-order valence-corrected chi connectivity index (χ0v) is 20.1. The molecule has 2 N–H and O–H groups in total. The summed E-state index contributed by atoms with van der Waals surface area (Å²) in [4.78, 5) is 38.6. The largest absolute Gasteiger partial charge is 0.351 e. The fourth-order valence-corrected chi connectivity index (χ4v) is 5.05. The Morgan fingerprint density at radius 2 is 1.82 bits per heavy atom. The summed E-state index contributed by atoms with van der Waals surface area (Å²) in [5.74, 6) is 1.35. The number of nitrogens with one attached hydrogen (secondary N) is 2. The molecule has 3 aromatic rings. The van der Waals surface area contributed by atoms with Crippen LogP contribution in [0.1, 0.15) is 45.2 Å². The number of nitrogens with zero attached hydrogens (tertiary/aromatic N) is 5. The maximum absolute atomic E-state index is 13.1. The minimum atomic E-state index is -0.518. The molecule has 1 saturated carbocycles. The summed E-state index contributed by atoms with van der Waals surface area (Å²) in [6.07, 6.45) is 6.36. The summed E-state index contributed by atoms with van der Waals surface area (Å²) in [7, 11) is 1.81. The average Bonchev–Trinajstić information content (AvgIpc) is 3.45. The van der Waals surface area contributed by atoms with Crippen molar-refractivity contribution in [2.45, 2.75) is 52.5 Å². The second-order valence-corrected chi connectivity index (χ2v) is 10.0. The minimum Gasteiger partial charge on any atom is -0.351 e. The highest BCUT2D eigenvalue weighted by molar-refractivity contribution is 6.00. The fourth-order valence-electron chi connectivity index (χ4n) is 5.05. The molecule has 0 atom stereocenters. The standard InChI is InChI=1S/C25H31N7O2/c1-16-13-21(33)32(29-16)19-11-9-17(10-12-19)27-24-26-14-20-22(28-24)31(18-7-5-6-8-18)15-25(2,3)23(34)30(20)4/h9-14,18,29H,5-8,15H2,1-4H3,(H,26,27,28). The third-order valence-corrected chi connectivity index (χ3v) is 6.83. The zero-order valence-electron chi connectivity index (χ0n) is 20.1. The molecule has 0 saturated heterocycles. The molecule has 2 aromatic heterocycles. The predicted octanol–water partition coefficient (Wildman–Crippen LogP) is 3.76. The monoisotopic (exact) mass is 461 g/mol. The van der Waals surface area contributed by atoms with Crippen molar-refractivity contribution >= 4 is 29.0 Å². The van der Waals surface area contributed by atoms with Gasteiger partial charge in [-0.1, -0.05) is 12.8 Å². The number of benzene rings is 1. The Morgan fingerprint density at radius 1 is 1.12 bits per heavy atom. The first-order valence-electron chi connectivity index (χ1n) is 11.8. The van der Waals surface area contributed by atoms with Crippen LogP contribution in [-0.4, -0.2) is 45.3 Å². The van der Waals surface area contributed by atoms with Gasteiger partial charge < -0.3 is 15.1 Å². The summed E-state index contributed by atoms with van der Waals surface area (Å²) < 4.78 is 1.51. The Bertz CT molecular complexity index is 1270. The average molecular weight is 462 g/mol. The van der Waals surface area contributed by atoms with Gasteiger partial charge in [-0.05, 0) is 57.9 Å². The molecule has 9 nitrogen and oxygen atoms in total. The molecular weight excluding hydrogens is 430 g/mol. The Kier molecular flexibility index (Phi) is 5.42. The zero-order chi connectivity index (χ0) is 24.0. The molecule has 0 radical (unpaired) electrons. The van der Waals surface area contributed by atoms with Crippen molar-refractivity contribution in [3.8, 4) is 5.69 Å². The molecule has 1 aromatic carbocycles. The van der Waals surface area contributed by atoms with Gasteiger partial charge in [0.05, 0.1) is 17.3 Å². The van der Waals surface area contributed by atoms with Crippen molar-refractivity contribution in [3.63, 3.8) is 0 Å². The number of aromatic amines is 1. The fraction of sp³-hybridized carbons (Fsp3) is 0.440. The van der Waals surface area contributed by atoms with Gasteiger partial charge in [-0.15, -0.1) is 0 Å². The van der Waals surface area contributed by atoms with E-state index in [4.69, 9.17) is 4.98 Å². The number of rotatable bonds is 4. The van der Waals surface area contributed by atoms with Gasteiger partial charge in [-0.25, -0.2) is 9.67 Å². The van der Waals surface area contributed by atoms with Crippen molar-refractivity contribution in [1.29, 1.82) is 0 Å². The first-order valence-corrected chi connectivity index (χ1v) is 11.8. The number of carbonyl (C=O) groups is 1. The predicted molar refractivity (Wildman–Crippen MR) is 133 cm³/mol. The highest BCUT2D eigenvalue weighted by Gasteiger charge is 2.41. The molecule has 1 aliphatic carbocycles. The summed E-state index contributed by atoms with van der Waals surface area (Å²) >= 11 is 0. The van der Waals surface area contributed by atoms with Crippen LogP contribution in [0.5, 0.6) is 0 Å². The highest BCUT2D eigenvalue weighted by Crippen LogP contribution is 2.40. The second-order valence-electron chi connectivity index (χ2n) is 10.0. The van der Waals surface area contributed by atoms with Gasteiger partial charge in [-0.3, -0.25) is 14.7 Å². The quantitative estimate of drug-likeness (QED) is 0.614. The van der Waals surface area contributed by atoms with Gasteiger partial charge in [0, 0.05) is 37.1 Å². The molecular formula is C25H31N7O2. The first-order chi connectivity index (χ1) is 16.2. The van der Waals surface area contributed by atoms with Crippen molar-refractivity contribution in [1.82, 2.24) is 19.7 Å². The van der Waals surface area contributed by atoms with E-state index in [1.807, 2.05) is 45.0 Å². The summed E-state index contributed by atoms with van der Waals surface area (Å²) in [6, 6.07) is 9.45. The van der Waals surface area contributed by atoms with E-state index in [0.717, 1.165) is 41.4 Å². The van der Waals surface area contributed by atoms with E-state index >= 15 is 0 Å². The van der Waals surface area contributed by atoms with Crippen LogP contribution < -0.4 is 20.7 Å². The molecule has 34 heavy (non-hydrogen) atoms. The third-order valence-electron chi connectivity index (χ3n) is 6.83. The summed E-state index contributed by atoms with van der Waals surface area (Å²) in [5.41, 5.74) is 2.50. The lowest BCUT2D eigenvalue weighted by atomic mass is 9.91. The molecule has 1 aliphatic heterocycles. The summed E-state index contributed by atoms with van der Waals surface area (Å²) in [5, 5.41) is 6.32. The van der Waals surface area contributed by atoms with Crippen molar-refractivity contribution in [3.05, 3.63) is 52.6 Å². The van der Waals surface area contributed by atoms with Crippen molar-refractivity contribution < 1.29 is 4.79 Å². The van der Waals surface area contributed by atoms with E-state index in [1.54, 1.807) is 24.2 Å². The van der Waals surface area contributed by atoms with Crippen LogP contribution in [0.3, 0.4) is 0 Å². The lowest BCUT2D eigenvalue weighted by Gasteiger charge is -2.34. The Labute approximate surface area is 198 Å². The van der Waals surface area contributed by atoms with Crippen LogP contribution in [0.4, 0.5) is 23.1 Å². The van der Waals surface area contributed by atoms with E-state index < -0.39 is 5.41 Å². The number of amides is 1. The van der Waals surface area contributed by atoms with Crippen molar-refractivity contribution in [2.24, 2.45) is 5.41 Å². The SMILES string of the molecule is Cc1cc(=O)n(-c2ccc(Nc3ncc4c(n3)N(C3CCCC3)CC(C)(C)C(=O)N4C)cc2)[nH]1. The minimum absolute atomic E-state index is 0.0731. The van der Waals surface area contributed by atoms with Crippen molar-refractivity contribution in [2.75, 3.05) is 28.7 Å². The van der Waals surface area contributed by atoms with E-state index in [1.165, 1.54) is 17.5 Å². The Morgan fingerprint density at radius 3 is 2.47 bits per heavy atom. The molecule has 0 unspecified atom stereocenters. The molecule has 0 bridgehead atoms. The van der Waals surface area contributed by atoms with Gasteiger partial charge in [0.15, 0.2) is 5.82 Å². The lowest BCUT2D eigenvalue weighted by molar-refractivity contribution is -0.125. The van der Waals surface area contributed by atoms with Crippen LogP contribution in [0.2, 0.25) is 0 Å². The van der Waals surface area contributed by atoms with Crippen LogP contribution >= 0.6 is 0 Å². The number of aromatic nitrogens is 4. The number of carbonyl (C=O) groups excluding carboxylic acids is 1. The topological polar surface area (TPSA) is 99.2 Å². The van der Waals surface area contributed by atoms with E-state index in [9.17, 15) is 9.59 Å². The number of hydrogen-bond acceptors (Lipinski definition) is 6. The van der Waals surface area contributed by atoms with Gasteiger partial charge in [-0.2, -0.15) is 4.98 Å². The van der Waals surface area contributed by atoms with E-state index in [-0.39, 0.29) is 11.5 Å². The molecule has 1 amide bonds. The number of H-pyrrole nitrogens is 1. The van der Waals surface area contributed by atoms with Crippen LogP contribution in [0, 0.1) is 12.3 Å². The van der Waals surface area contributed by atoms with Crippen LogP contribution in [-0.2, 0) is 4.79 Å². The Balaban J connectivity index is 1.46.